The molecule has 1 aliphatic carbocycles. The summed E-state index contributed by atoms with van der Waals surface area (Å²) in [4.78, 5) is 0. The highest BCUT2D eigenvalue weighted by Gasteiger charge is 2.45. The molecule has 0 saturated heterocycles. The Labute approximate surface area is 285 Å². The van der Waals surface area contributed by atoms with Gasteiger partial charge < -0.3 is 9.30 Å². The van der Waals surface area contributed by atoms with E-state index in [1.165, 1.54) is 60.5 Å². The van der Waals surface area contributed by atoms with E-state index in [1.807, 2.05) is 0 Å². The number of ether oxygens (including phenoxy) is 1. The number of rotatable bonds is 4. The summed E-state index contributed by atoms with van der Waals surface area (Å²) < 4.78 is 9.32. The average Bonchev–Trinajstić information content (AvgIpc) is 3.50. The van der Waals surface area contributed by atoms with Crippen LogP contribution in [0.15, 0.2) is 176 Å². The third-order valence-corrected chi connectivity index (χ3v) is 10.6. The highest BCUT2D eigenvalue weighted by molar-refractivity contribution is 6.21. The Morgan fingerprint density at radius 1 is 0.551 bits per heavy atom. The molecular weight excluding hydrogens is 595 g/mol. The standard InChI is InChI=1S/C47H33NO/c1-4-17-34(18-5-1)47(35-19-6-2-7-20-35)40-25-13-15-27-43(40)49-44-29-28-33(31-41(44)47)45-37-23-11-10-16-32(37)30-39-38-24-12-14-26-42(38)48(46(39)45)36-21-8-3-9-22-36/h1-8,10-21,23-31H,9,22H2. The van der Waals surface area contributed by atoms with Crippen LogP contribution in [0.4, 0.5) is 0 Å². The summed E-state index contributed by atoms with van der Waals surface area (Å²) in [6.07, 6.45) is 8.80. The lowest BCUT2D eigenvalue weighted by molar-refractivity contribution is 0.434. The van der Waals surface area contributed by atoms with Gasteiger partial charge in [0.05, 0.1) is 16.4 Å². The first-order valence-corrected chi connectivity index (χ1v) is 17.2. The molecule has 7 aromatic carbocycles. The van der Waals surface area contributed by atoms with Gasteiger partial charge in [0.1, 0.15) is 11.5 Å². The molecule has 0 N–H and O–H groups in total. The summed E-state index contributed by atoms with van der Waals surface area (Å²) in [5.74, 6) is 1.77. The number of hydrogen-bond donors (Lipinski definition) is 0. The second-order valence-electron chi connectivity index (χ2n) is 13.1. The van der Waals surface area contributed by atoms with Crippen LogP contribution in [0.25, 0.3) is 49.4 Å². The largest absolute Gasteiger partial charge is 0.457 e. The summed E-state index contributed by atoms with van der Waals surface area (Å²) in [6.45, 7) is 0. The molecular formula is C47H33NO. The van der Waals surface area contributed by atoms with Crippen molar-refractivity contribution in [3.05, 3.63) is 198 Å². The van der Waals surface area contributed by atoms with Crippen LogP contribution in [0, 0.1) is 0 Å². The molecule has 10 rings (SSSR count). The Hall–Kier alpha value is -6.12. The van der Waals surface area contributed by atoms with Crippen molar-refractivity contribution in [3.63, 3.8) is 0 Å². The van der Waals surface area contributed by atoms with Gasteiger partial charge in [-0.05, 0) is 76.7 Å². The molecule has 0 radical (unpaired) electrons. The monoisotopic (exact) mass is 627 g/mol. The van der Waals surface area contributed by atoms with E-state index < -0.39 is 5.41 Å². The van der Waals surface area contributed by atoms with E-state index in [9.17, 15) is 0 Å². The molecule has 0 unspecified atom stereocenters. The zero-order chi connectivity index (χ0) is 32.4. The van der Waals surface area contributed by atoms with Gasteiger partial charge in [-0.1, -0.05) is 140 Å². The van der Waals surface area contributed by atoms with E-state index in [-0.39, 0.29) is 0 Å². The minimum absolute atomic E-state index is 0.587. The van der Waals surface area contributed by atoms with E-state index in [0.717, 1.165) is 35.5 Å². The lowest BCUT2D eigenvalue weighted by Crippen LogP contribution is -2.34. The van der Waals surface area contributed by atoms with Crippen LogP contribution in [-0.2, 0) is 5.41 Å². The number of allylic oxidation sites excluding steroid dienone is 4. The molecule has 8 aromatic rings. The number of nitrogens with zero attached hydrogens (tertiary/aromatic N) is 1. The summed E-state index contributed by atoms with van der Waals surface area (Å²) >= 11 is 0. The van der Waals surface area contributed by atoms with Crippen LogP contribution in [0.5, 0.6) is 11.5 Å². The maximum atomic E-state index is 6.79. The molecule has 2 heterocycles. The third kappa shape index (κ3) is 4.07. The van der Waals surface area contributed by atoms with Gasteiger partial charge in [0.2, 0.25) is 0 Å². The molecule has 0 bridgehead atoms. The summed E-state index contributed by atoms with van der Waals surface area (Å²) in [7, 11) is 0. The van der Waals surface area contributed by atoms with E-state index in [0.29, 0.717) is 0 Å². The predicted octanol–water partition coefficient (Wildman–Crippen LogP) is 12.3. The van der Waals surface area contributed by atoms with Gasteiger partial charge in [-0.15, -0.1) is 0 Å². The lowest BCUT2D eigenvalue weighted by atomic mass is 9.63. The average molecular weight is 628 g/mol. The van der Waals surface area contributed by atoms with Gasteiger partial charge in [-0.3, -0.25) is 0 Å². The molecule has 49 heavy (non-hydrogen) atoms. The van der Waals surface area contributed by atoms with Crippen LogP contribution in [0.3, 0.4) is 0 Å². The first-order valence-electron chi connectivity index (χ1n) is 17.2. The third-order valence-electron chi connectivity index (χ3n) is 10.6. The number of para-hydroxylation sites is 2. The fourth-order valence-corrected chi connectivity index (χ4v) is 8.52. The van der Waals surface area contributed by atoms with Crippen molar-refractivity contribution in [2.24, 2.45) is 0 Å². The molecule has 232 valence electrons. The van der Waals surface area contributed by atoms with Crippen molar-refractivity contribution in [1.82, 2.24) is 4.57 Å². The first kappa shape index (κ1) is 27.9. The predicted molar refractivity (Wildman–Crippen MR) is 203 cm³/mol. The van der Waals surface area contributed by atoms with Gasteiger partial charge in [0.15, 0.2) is 0 Å². The highest BCUT2D eigenvalue weighted by Crippen LogP contribution is 2.56. The van der Waals surface area contributed by atoms with Crippen molar-refractivity contribution >= 4 is 38.3 Å². The molecule has 0 spiro atoms. The first-order chi connectivity index (χ1) is 24.3. The van der Waals surface area contributed by atoms with E-state index >= 15 is 0 Å². The van der Waals surface area contributed by atoms with Crippen molar-refractivity contribution in [1.29, 1.82) is 0 Å². The highest BCUT2D eigenvalue weighted by atomic mass is 16.5. The van der Waals surface area contributed by atoms with Crippen molar-refractivity contribution in [2.45, 2.75) is 18.3 Å². The van der Waals surface area contributed by atoms with Crippen molar-refractivity contribution < 1.29 is 4.74 Å². The number of benzene rings is 7. The second kappa shape index (κ2) is 11.0. The molecule has 0 atom stereocenters. The van der Waals surface area contributed by atoms with E-state index in [2.05, 4.69) is 181 Å². The molecule has 2 aliphatic rings. The van der Waals surface area contributed by atoms with Crippen LogP contribution < -0.4 is 4.74 Å². The Bertz CT molecular complexity index is 2580. The fraction of sp³-hybridized carbons (Fsp3) is 0.0638. The normalized spacial score (nSPS) is 14.7. The summed E-state index contributed by atoms with van der Waals surface area (Å²) in [5.41, 5.74) is 10.4. The van der Waals surface area contributed by atoms with Crippen LogP contribution >= 0.6 is 0 Å². The van der Waals surface area contributed by atoms with Crippen molar-refractivity contribution in [3.8, 4) is 22.6 Å². The van der Waals surface area contributed by atoms with Crippen LogP contribution in [0.2, 0.25) is 0 Å². The van der Waals surface area contributed by atoms with Gasteiger partial charge in [0, 0.05) is 33.2 Å². The topological polar surface area (TPSA) is 14.2 Å². The maximum Gasteiger partial charge on any atom is 0.132 e. The molecule has 1 aliphatic heterocycles. The van der Waals surface area contributed by atoms with E-state index in [1.54, 1.807) is 0 Å². The molecule has 2 heteroatoms. The van der Waals surface area contributed by atoms with Crippen LogP contribution in [-0.4, -0.2) is 4.57 Å². The van der Waals surface area contributed by atoms with Crippen LogP contribution in [0.1, 0.15) is 35.1 Å². The molecule has 0 fully saturated rings. The number of hydrogen-bond acceptors (Lipinski definition) is 1. The Kier molecular flexibility index (Phi) is 6.25. The molecule has 2 nitrogen and oxygen atoms in total. The van der Waals surface area contributed by atoms with Gasteiger partial charge in [0.25, 0.3) is 0 Å². The minimum atomic E-state index is -0.587. The second-order valence-corrected chi connectivity index (χ2v) is 13.1. The Morgan fingerprint density at radius 3 is 2.00 bits per heavy atom. The Morgan fingerprint density at radius 2 is 1.22 bits per heavy atom. The SMILES string of the molecule is C1=CCCC(n2c3ccccc3c3cc4ccccc4c(-c4ccc5c(c4)C(c4ccccc4)(c4ccccc4)c4ccccc4O5)c32)=C1. The van der Waals surface area contributed by atoms with E-state index in [4.69, 9.17) is 4.74 Å². The Balaban J connectivity index is 1.36. The van der Waals surface area contributed by atoms with Gasteiger partial charge in [-0.2, -0.15) is 0 Å². The van der Waals surface area contributed by atoms with Gasteiger partial charge >= 0.3 is 0 Å². The number of fused-ring (bicyclic) bond motifs is 6. The summed E-state index contributed by atoms with van der Waals surface area (Å²) in [6, 6.07) is 57.5. The van der Waals surface area contributed by atoms with Gasteiger partial charge in [-0.25, -0.2) is 0 Å². The minimum Gasteiger partial charge on any atom is -0.457 e. The zero-order valence-electron chi connectivity index (χ0n) is 27.0. The smallest absolute Gasteiger partial charge is 0.132 e. The summed E-state index contributed by atoms with van der Waals surface area (Å²) in [5, 5.41) is 5.03. The maximum absolute atomic E-state index is 6.79. The zero-order valence-corrected chi connectivity index (χ0v) is 27.0. The van der Waals surface area contributed by atoms with Crippen molar-refractivity contribution in [2.75, 3.05) is 0 Å². The molecule has 0 saturated carbocycles. The molecule has 0 amide bonds. The fourth-order valence-electron chi connectivity index (χ4n) is 8.52. The quantitative estimate of drug-likeness (QED) is 0.189. The lowest BCUT2D eigenvalue weighted by Gasteiger charge is -2.41. The molecule has 1 aromatic heterocycles. The number of aromatic nitrogens is 1.